The monoisotopic (exact) mass is 414 g/mol. The Bertz CT molecular complexity index is 897. The number of aryl methyl sites for hydroxylation is 1. The highest BCUT2D eigenvalue weighted by Crippen LogP contribution is 2.38. The first kappa shape index (κ1) is 23.1. The maximum atomic E-state index is 12.3. The molecular weight excluding hydrogens is 384 g/mol. The number of hydrogen-bond acceptors (Lipinski definition) is 6. The standard InChI is InChI=1S/C23H30N2O5/c1-14(2)18-9-8-15(3)10-19(18)30-13-22(26)25-24-16(4)17-11-20(27-5)23(29-7)21(12-17)28-6/h8-12,14H,13H2,1-7H3,(H,25,26). The van der Waals surface area contributed by atoms with Crippen LogP contribution in [0.3, 0.4) is 0 Å². The summed E-state index contributed by atoms with van der Waals surface area (Å²) in [5.74, 6) is 2.17. The summed E-state index contributed by atoms with van der Waals surface area (Å²) in [6.07, 6.45) is 0. The van der Waals surface area contributed by atoms with E-state index in [0.29, 0.717) is 34.6 Å². The largest absolute Gasteiger partial charge is 0.493 e. The number of carbonyl (C=O) groups excluding carboxylic acids is 1. The maximum Gasteiger partial charge on any atom is 0.277 e. The predicted octanol–water partition coefficient (Wildman–Crippen LogP) is 4.06. The van der Waals surface area contributed by atoms with E-state index in [4.69, 9.17) is 18.9 Å². The third-order valence-electron chi connectivity index (χ3n) is 4.58. The first-order valence-corrected chi connectivity index (χ1v) is 9.67. The number of hydrazone groups is 1. The number of methoxy groups -OCH3 is 3. The Morgan fingerprint density at radius 2 is 1.63 bits per heavy atom. The summed E-state index contributed by atoms with van der Waals surface area (Å²) in [5, 5.41) is 4.17. The zero-order chi connectivity index (χ0) is 22.3. The molecule has 2 aromatic rings. The van der Waals surface area contributed by atoms with Crippen molar-refractivity contribution in [1.82, 2.24) is 5.43 Å². The van der Waals surface area contributed by atoms with Crippen LogP contribution in [0.4, 0.5) is 0 Å². The second-order valence-corrected chi connectivity index (χ2v) is 7.13. The molecule has 0 bridgehead atoms. The topological polar surface area (TPSA) is 78.4 Å². The lowest BCUT2D eigenvalue weighted by atomic mass is 10.0. The van der Waals surface area contributed by atoms with Gasteiger partial charge in [0.2, 0.25) is 5.75 Å². The van der Waals surface area contributed by atoms with Crippen LogP contribution in [0.2, 0.25) is 0 Å². The minimum atomic E-state index is -0.349. The number of hydrogen-bond donors (Lipinski definition) is 1. The van der Waals surface area contributed by atoms with Crippen molar-refractivity contribution >= 4 is 11.6 Å². The van der Waals surface area contributed by atoms with Gasteiger partial charge in [-0.1, -0.05) is 26.0 Å². The molecule has 0 saturated heterocycles. The number of ether oxygens (including phenoxy) is 4. The second-order valence-electron chi connectivity index (χ2n) is 7.13. The Balaban J connectivity index is 2.09. The Hall–Kier alpha value is -3.22. The normalized spacial score (nSPS) is 11.3. The molecule has 0 unspecified atom stereocenters. The van der Waals surface area contributed by atoms with Crippen molar-refractivity contribution in [2.75, 3.05) is 27.9 Å². The van der Waals surface area contributed by atoms with Crippen molar-refractivity contribution in [1.29, 1.82) is 0 Å². The summed E-state index contributed by atoms with van der Waals surface area (Å²) >= 11 is 0. The number of carbonyl (C=O) groups is 1. The number of amides is 1. The molecule has 7 nitrogen and oxygen atoms in total. The molecule has 0 aliphatic heterocycles. The average Bonchev–Trinajstić information content (AvgIpc) is 2.74. The molecule has 0 atom stereocenters. The Labute approximate surface area is 178 Å². The molecule has 0 radical (unpaired) electrons. The molecule has 2 rings (SSSR count). The van der Waals surface area contributed by atoms with Crippen LogP contribution < -0.4 is 24.4 Å². The van der Waals surface area contributed by atoms with Gasteiger partial charge in [0.25, 0.3) is 5.91 Å². The molecule has 2 aromatic carbocycles. The molecule has 1 N–H and O–H groups in total. The smallest absolute Gasteiger partial charge is 0.277 e. The van der Waals surface area contributed by atoms with E-state index in [-0.39, 0.29) is 12.5 Å². The molecular formula is C23H30N2O5. The molecule has 0 heterocycles. The lowest BCUT2D eigenvalue weighted by Crippen LogP contribution is -2.26. The number of nitrogens with zero attached hydrogens (tertiary/aromatic N) is 1. The minimum Gasteiger partial charge on any atom is -0.493 e. The van der Waals surface area contributed by atoms with Crippen LogP contribution in [0.5, 0.6) is 23.0 Å². The van der Waals surface area contributed by atoms with Gasteiger partial charge in [0, 0.05) is 5.56 Å². The van der Waals surface area contributed by atoms with Gasteiger partial charge in [-0.05, 0) is 49.1 Å². The number of benzene rings is 2. The molecule has 162 valence electrons. The van der Waals surface area contributed by atoms with Crippen molar-refractivity contribution in [2.45, 2.75) is 33.6 Å². The van der Waals surface area contributed by atoms with Gasteiger partial charge in [-0.15, -0.1) is 0 Å². The van der Waals surface area contributed by atoms with Crippen LogP contribution in [0, 0.1) is 6.92 Å². The fourth-order valence-corrected chi connectivity index (χ4v) is 2.92. The zero-order valence-electron chi connectivity index (χ0n) is 18.7. The summed E-state index contributed by atoms with van der Waals surface area (Å²) < 4.78 is 21.8. The SMILES string of the molecule is COc1cc(C(C)=NNC(=O)COc2cc(C)ccc2C(C)C)cc(OC)c1OC. The van der Waals surface area contributed by atoms with E-state index in [0.717, 1.165) is 16.7 Å². The van der Waals surface area contributed by atoms with Gasteiger partial charge >= 0.3 is 0 Å². The summed E-state index contributed by atoms with van der Waals surface area (Å²) in [6, 6.07) is 9.54. The van der Waals surface area contributed by atoms with E-state index in [9.17, 15) is 4.79 Å². The summed E-state index contributed by atoms with van der Waals surface area (Å²) in [7, 11) is 4.63. The first-order valence-electron chi connectivity index (χ1n) is 9.67. The molecule has 1 amide bonds. The molecule has 0 spiro atoms. The third-order valence-corrected chi connectivity index (χ3v) is 4.58. The van der Waals surface area contributed by atoms with Crippen LogP contribution in [0.15, 0.2) is 35.4 Å². The van der Waals surface area contributed by atoms with Crippen LogP contribution in [-0.4, -0.2) is 39.6 Å². The van der Waals surface area contributed by atoms with Crippen molar-refractivity contribution in [3.8, 4) is 23.0 Å². The Kier molecular flexibility index (Phi) is 8.09. The van der Waals surface area contributed by atoms with E-state index in [1.54, 1.807) is 40.4 Å². The van der Waals surface area contributed by atoms with Crippen molar-refractivity contribution in [2.24, 2.45) is 5.10 Å². The number of rotatable bonds is 9. The Morgan fingerprint density at radius 3 is 2.17 bits per heavy atom. The fourth-order valence-electron chi connectivity index (χ4n) is 2.92. The van der Waals surface area contributed by atoms with Gasteiger partial charge in [-0.2, -0.15) is 5.10 Å². The van der Waals surface area contributed by atoms with Gasteiger partial charge in [-0.25, -0.2) is 5.43 Å². The van der Waals surface area contributed by atoms with Gasteiger partial charge in [0.05, 0.1) is 27.0 Å². The highest BCUT2D eigenvalue weighted by molar-refractivity contribution is 6.00. The number of nitrogens with one attached hydrogen (secondary N) is 1. The van der Waals surface area contributed by atoms with E-state index >= 15 is 0 Å². The van der Waals surface area contributed by atoms with Crippen molar-refractivity contribution < 1.29 is 23.7 Å². The molecule has 7 heteroatoms. The van der Waals surface area contributed by atoms with Crippen molar-refractivity contribution in [3.05, 3.63) is 47.0 Å². The van der Waals surface area contributed by atoms with Gasteiger partial charge in [0.15, 0.2) is 18.1 Å². The average molecular weight is 415 g/mol. The van der Waals surface area contributed by atoms with Crippen LogP contribution in [-0.2, 0) is 4.79 Å². The van der Waals surface area contributed by atoms with Gasteiger partial charge in [-0.3, -0.25) is 4.79 Å². The third kappa shape index (κ3) is 5.65. The molecule has 0 saturated carbocycles. The predicted molar refractivity (Wildman–Crippen MR) is 117 cm³/mol. The summed E-state index contributed by atoms with van der Waals surface area (Å²) in [4.78, 5) is 12.3. The van der Waals surface area contributed by atoms with Crippen molar-refractivity contribution in [3.63, 3.8) is 0 Å². The lowest BCUT2D eigenvalue weighted by molar-refractivity contribution is -0.123. The summed E-state index contributed by atoms with van der Waals surface area (Å²) in [6.45, 7) is 7.81. The molecule has 0 aliphatic rings. The van der Waals surface area contributed by atoms with E-state index in [1.165, 1.54) is 0 Å². The zero-order valence-corrected chi connectivity index (χ0v) is 18.7. The van der Waals surface area contributed by atoms with Crippen LogP contribution in [0.25, 0.3) is 0 Å². The Morgan fingerprint density at radius 1 is 1.00 bits per heavy atom. The van der Waals surface area contributed by atoms with E-state index < -0.39 is 0 Å². The molecule has 0 aliphatic carbocycles. The molecule has 30 heavy (non-hydrogen) atoms. The lowest BCUT2D eigenvalue weighted by Gasteiger charge is -2.15. The van der Waals surface area contributed by atoms with Gasteiger partial charge in [0.1, 0.15) is 5.75 Å². The summed E-state index contributed by atoms with van der Waals surface area (Å²) in [5.41, 5.74) is 5.98. The second kappa shape index (κ2) is 10.5. The molecule has 0 aromatic heterocycles. The van der Waals surface area contributed by atoms with E-state index in [2.05, 4.69) is 24.4 Å². The van der Waals surface area contributed by atoms with E-state index in [1.807, 2.05) is 25.1 Å². The molecule has 0 fully saturated rings. The van der Waals surface area contributed by atoms with Gasteiger partial charge < -0.3 is 18.9 Å². The first-order chi connectivity index (χ1) is 14.3. The minimum absolute atomic E-state index is 0.130. The van der Waals surface area contributed by atoms with Crippen LogP contribution in [0.1, 0.15) is 43.4 Å². The van der Waals surface area contributed by atoms with Crippen LogP contribution >= 0.6 is 0 Å². The maximum absolute atomic E-state index is 12.3. The fraction of sp³-hybridized carbons (Fsp3) is 0.391. The highest BCUT2D eigenvalue weighted by Gasteiger charge is 2.15. The quantitative estimate of drug-likeness (QED) is 0.494. The highest BCUT2D eigenvalue weighted by atomic mass is 16.5.